The van der Waals surface area contributed by atoms with Crippen LogP contribution in [0.25, 0.3) is 0 Å². The molecule has 0 radical (unpaired) electrons. The Hall–Kier alpha value is -1.16. The molecule has 1 aliphatic rings. The summed E-state index contributed by atoms with van der Waals surface area (Å²) in [6.07, 6.45) is 3.65. The van der Waals surface area contributed by atoms with E-state index in [1.807, 2.05) is 13.8 Å². The SMILES string of the molecule is CC(C)c1ncc(Cl)c(C(=O)N(C)C2CC2)n1. The van der Waals surface area contributed by atoms with E-state index >= 15 is 0 Å². The molecule has 0 aromatic carbocycles. The van der Waals surface area contributed by atoms with Crippen LogP contribution in [-0.2, 0) is 0 Å². The van der Waals surface area contributed by atoms with Gasteiger partial charge in [-0.1, -0.05) is 25.4 Å². The van der Waals surface area contributed by atoms with E-state index in [0.717, 1.165) is 12.8 Å². The van der Waals surface area contributed by atoms with E-state index in [1.165, 1.54) is 6.20 Å². The summed E-state index contributed by atoms with van der Waals surface area (Å²) in [5.41, 5.74) is 0.319. The van der Waals surface area contributed by atoms with Crippen molar-refractivity contribution in [2.24, 2.45) is 0 Å². The zero-order valence-corrected chi connectivity index (χ0v) is 11.0. The van der Waals surface area contributed by atoms with Gasteiger partial charge in [0.15, 0.2) is 5.69 Å². The molecule has 1 aromatic heterocycles. The van der Waals surface area contributed by atoms with Crippen molar-refractivity contribution in [2.45, 2.75) is 38.6 Å². The molecule has 17 heavy (non-hydrogen) atoms. The van der Waals surface area contributed by atoms with Crippen LogP contribution in [0.1, 0.15) is 48.9 Å². The molecule has 1 heterocycles. The first-order valence-corrected chi connectivity index (χ1v) is 6.18. The van der Waals surface area contributed by atoms with Gasteiger partial charge in [-0.25, -0.2) is 9.97 Å². The maximum absolute atomic E-state index is 12.2. The predicted octanol–water partition coefficient (Wildman–Crippen LogP) is 2.49. The zero-order chi connectivity index (χ0) is 12.6. The van der Waals surface area contributed by atoms with E-state index in [9.17, 15) is 4.79 Å². The van der Waals surface area contributed by atoms with Crippen molar-refractivity contribution in [3.05, 3.63) is 22.7 Å². The lowest BCUT2D eigenvalue weighted by atomic mass is 10.2. The summed E-state index contributed by atoms with van der Waals surface area (Å²) in [4.78, 5) is 22.3. The largest absolute Gasteiger partial charge is 0.337 e. The molecule has 0 unspecified atom stereocenters. The fourth-order valence-corrected chi connectivity index (χ4v) is 1.78. The molecule has 1 aromatic rings. The number of aromatic nitrogens is 2. The molecule has 1 amide bonds. The van der Waals surface area contributed by atoms with Gasteiger partial charge < -0.3 is 4.90 Å². The van der Waals surface area contributed by atoms with Gasteiger partial charge in [-0.15, -0.1) is 0 Å². The Morgan fingerprint density at radius 3 is 2.71 bits per heavy atom. The molecule has 0 atom stereocenters. The third-order valence-corrected chi connectivity index (χ3v) is 3.17. The van der Waals surface area contributed by atoms with E-state index in [1.54, 1.807) is 11.9 Å². The predicted molar refractivity (Wildman–Crippen MR) is 66.2 cm³/mol. The molecule has 4 nitrogen and oxygen atoms in total. The van der Waals surface area contributed by atoms with Crippen LogP contribution in [0.5, 0.6) is 0 Å². The molecule has 0 N–H and O–H groups in total. The van der Waals surface area contributed by atoms with Gasteiger partial charge >= 0.3 is 0 Å². The van der Waals surface area contributed by atoms with Gasteiger partial charge in [-0.2, -0.15) is 0 Å². The minimum absolute atomic E-state index is 0.109. The van der Waals surface area contributed by atoms with E-state index in [-0.39, 0.29) is 11.8 Å². The summed E-state index contributed by atoms with van der Waals surface area (Å²) in [7, 11) is 1.80. The lowest BCUT2D eigenvalue weighted by Gasteiger charge is -2.16. The molecule has 0 aliphatic heterocycles. The Balaban J connectivity index is 2.29. The van der Waals surface area contributed by atoms with Crippen molar-refractivity contribution in [1.82, 2.24) is 14.9 Å². The summed E-state index contributed by atoms with van der Waals surface area (Å²) in [5.74, 6) is 0.730. The third-order valence-electron chi connectivity index (χ3n) is 2.90. The first-order valence-electron chi connectivity index (χ1n) is 5.80. The third kappa shape index (κ3) is 2.57. The molecule has 1 aliphatic carbocycles. The van der Waals surface area contributed by atoms with E-state index in [2.05, 4.69) is 9.97 Å². The molecule has 1 fully saturated rings. The van der Waals surface area contributed by atoms with Crippen LogP contribution in [0.3, 0.4) is 0 Å². The quantitative estimate of drug-likeness (QED) is 0.832. The maximum Gasteiger partial charge on any atom is 0.274 e. The Morgan fingerprint density at radius 1 is 1.53 bits per heavy atom. The number of hydrogen-bond donors (Lipinski definition) is 0. The lowest BCUT2D eigenvalue weighted by Crippen LogP contribution is -2.30. The summed E-state index contributed by atoms with van der Waals surface area (Å²) >= 11 is 5.99. The number of hydrogen-bond acceptors (Lipinski definition) is 3. The van der Waals surface area contributed by atoms with Gasteiger partial charge in [0, 0.05) is 19.0 Å². The van der Waals surface area contributed by atoms with Crippen LogP contribution >= 0.6 is 11.6 Å². The molecular weight excluding hydrogens is 238 g/mol. The second kappa shape index (κ2) is 4.61. The van der Waals surface area contributed by atoms with Crippen LogP contribution in [-0.4, -0.2) is 33.9 Å². The van der Waals surface area contributed by atoms with E-state index in [4.69, 9.17) is 11.6 Å². The summed E-state index contributed by atoms with van der Waals surface area (Å²) < 4.78 is 0. The first-order chi connectivity index (χ1) is 8.00. The van der Waals surface area contributed by atoms with Gasteiger partial charge in [-0.3, -0.25) is 4.79 Å². The Morgan fingerprint density at radius 2 is 2.18 bits per heavy atom. The van der Waals surface area contributed by atoms with Crippen molar-refractivity contribution < 1.29 is 4.79 Å². The zero-order valence-electron chi connectivity index (χ0n) is 10.3. The van der Waals surface area contributed by atoms with Crippen LogP contribution in [0.2, 0.25) is 5.02 Å². The Bertz CT molecular complexity index is 443. The summed E-state index contributed by atoms with van der Waals surface area (Å²) in [6, 6.07) is 0.357. The number of carbonyl (C=O) groups is 1. The fraction of sp³-hybridized carbons (Fsp3) is 0.583. The van der Waals surface area contributed by atoms with Crippen molar-refractivity contribution in [3.63, 3.8) is 0 Å². The molecular formula is C12H16ClN3O. The van der Waals surface area contributed by atoms with Crippen molar-refractivity contribution >= 4 is 17.5 Å². The highest BCUT2D eigenvalue weighted by Gasteiger charge is 2.31. The standard InChI is InChI=1S/C12H16ClN3O/c1-7(2)11-14-6-9(13)10(15-11)12(17)16(3)8-4-5-8/h6-8H,4-5H2,1-3H3. The normalized spacial score (nSPS) is 15.1. The lowest BCUT2D eigenvalue weighted by molar-refractivity contribution is 0.0779. The second-order valence-electron chi connectivity index (χ2n) is 4.73. The van der Waals surface area contributed by atoms with Gasteiger partial charge in [0.1, 0.15) is 5.82 Å². The topological polar surface area (TPSA) is 46.1 Å². The highest BCUT2D eigenvalue weighted by Crippen LogP contribution is 2.27. The molecule has 5 heteroatoms. The monoisotopic (exact) mass is 253 g/mol. The van der Waals surface area contributed by atoms with Crippen molar-refractivity contribution in [1.29, 1.82) is 0 Å². The van der Waals surface area contributed by atoms with Gasteiger partial charge in [0.2, 0.25) is 0 Å². The minimum atomic E-state index is -0.109. The van der Waals surface area contributed by atoms with E-state index < -0.39 is 0 Å². The van der Waals surface area contributed by atoms with E-state index in [0.29, 0.717) is 22.6 Å². The van der Waals surface area contributed by atoms with Crippen molar-refractivity contribution in [2.75, 3.05) is 7.05 Å². The average molecular weight is 254 g/mol. The van der Waals surface area contributed by atoms with Crippen LogP contribution < -0.4 is 0 Å². The highest BCUT2D eigenvalue weighted by atomic mass is 35.5. The average Bonchev–Trinajstić information content (AvgIpc) is 3.11. The smallest absolute Gasteiger partial charge is 0.274 e. The number of rotatable bonds is 3. The summed E-state index contributed by atoms with van der Waals surface area (Å²) in [6.45, 7) is 3.98. The van der Waals surface area contributed by atoms with Crippen molar-refractivity contribution in [3.8, 4) is 0 Å². The number of halogens is 1. The molecule has 2 rings (SSSR count). The molecule has 0 saturated heterocycles. The summed E-state index contributed by atoms with van der Waals surface area (Å²) in [5, 5.41) is 0.326. The Labute approximate surface area is 106 Å². The van der Waals surface area contributed by atoms with Gasteiger partial charge in [0.05, 0.1) is 11.2 Å². The minimum Gasteiger partial charge on any atom is -0.337 e. The Kier molecular flexibility index (Phi) is 3.33. The van der Waals surface area contributed by atoms with Crippen LogP contribution in [0.4, 0.5) is 0 Å². The molecule has 0 spiro atoms. The van der Waals surface area contributed by atoms with Crippen LogP contribution in [0, 0.1) is 0 Å². The second-order valence-corrected chi connectivity index (χ2v) is 5.13. The molecule has 1 saturated carbocycles. The highest BCUT2D eigenvalue weighted by molar-refractivity contribution is 6.33. The maximum atomic E-state index is 12.2. The number of nitrogens with zero attached hydrogens (tertiary/aromatic N) is 3. The fourth-order valence-electron chi connectivity index (χ4n) is 1.60. The number of amides is 1. The van der Waals surface area contributed by atoms with Gasteiger partial charge in [0.25, 0.3) is 5.91 Å². The van der Waals surface area contributed by atoms with Gasteiger partial charge in [-0.05, 0) is 12.8 Å². The molecule has 0 bridgehead atoms. The first kappa shape index (κ1) is 12.3. The van der Waals surface area contributed by atoms with Crippen LogP contribution in [0.15, 0.2) is 6.20 Å². The number of carbonyl (C=O) groups excluding carboxylic acids is 1. The molecule has 92 valence electrons.